The molecule has 0 bridgehead atoms. The minimum absolute atomic E-state index is 0.0800. The molecule has 1 saturated heterocycles. The number of carboxylic acid groups (broad SMARTS) is 1. The molecule has 108 valence electrons. The number of likely N-dealkylation sites (tertiary alicyclic amines) is 1. The molecule has 1 aliphatic rings. The van der Waals surface area contributed by atoms with Crippen molar-refractivity contribution in [1.29, 1.82) is 0 Å². The number of nitrogens with zero attached hydrogens (tertiary/aromatic N) is 1. The van der Waals surface area contributed by atoms with E-state index in [4.69, 9.17) is 0 Å². The van der Waals surface area contributed by atoms with Crippen LogP contribution in [-0.4, -0.2) is 40.2 Å². The Balaban J connectivity index is 2.13. The molecule has 1 heterocycles. The van der Waals surface area contributed by atoms with Crippen LogP contribution in [0.5, 0.6) is 0 Å². The first-order valence-corrected chi connectivity index (χ1v) is 7.33. The van der Waals surface area contributed by atoms with E-state index in [9.17, 15) is 14.7 Å². The number of carboxylic acids is 1. The lowest BCUT2D eigenvalue weighted by atomic mass is 10.0. The highest BCUT2D eigenvalue weighted by Gasteiger charge is 2.37. The molecule has 20 heavy (non-hydrogen) atoms. The van der Waals surface area contributed by atoms with Crippen LogP contribution in [0.15, 0.2) is 24.3 Å². The van der Waals surface area contributed by atoms with Crippen molar-refractivity contribution < 1.29 is 14.7 Å². The topological polar surface area (TPSA) is 57.6 Å². The summed E-state index contributed by atoms with van der Waals surface area (Å²) in [6.45, 7) is 2.48. The largest absolute Gasteiger partial charge is 0.480 e. The molecular formula is C15H19NO3S. The fourth-order valence-electron chi connectivity index (χ4n) is 2.51. The Hall–Kier alpha value is -1.49. The number of carbonyl (C=O) groups is 2. The summed E-state index contributed by atoms with van der Waals surface area (Å²) in [5, 5.41) is 9.41. The van der Waals surface area contributed by atoms with Gasteiger partial charge in [-0.05, 0) is 24.2 Å². The van der Waals surface area contributed by atoms with Gasteiger partial charge in [0.25, 0.3) is 0 Å². The van der Waals surface area contributed by atoms with E-state index in [-0.39, 0.29) is 11.8 Å². The zero-order valence-electron chi connectivity index (χ0n) is 11.5. The molecule has 1 N–H and O–H groups in total. The molecule has 1 unspecified atom stereocenters. The second kappa shape index (κ2) is 6.31. The lowest BCUT2D eigenvalue weighted by molar-refractivity contribution is -0.148. The van der Waals surface area contributed by atoms with Crippen molar-refractivity contribution >= 4 is 24.5 Å². The van der Waals surface area contributed by atoms with Crippen LogP contribution in [0.3, 0.4) is 0 Å². The lowest BCUT2D eigenvalue weighted by Gasteiger charge is -2.24. The Morgan fingerprint density at radius 3 is 2.60 bits per heavy atom. The molecule has 2 rings (SSSR count). The highest BCUT2D eigenvalue weighted by molar-refractivity contribution is 7.80. The molecule has 0 aliphatic carbocycles. The zero-order valence-corrected chi connectivity index (χ0v) is 12.3. The summed E-state index contributed by atoms with van der Waals surface area (Å²) in [4.78, 5) is 24.9. The molecule has 1 aromatic rings. The monoisotopic (exact) mass is 293 g/mol. The van der Waals surface area contributed by atoms with Crippen molar-refractivity contribution in [3.63, 3.8) is 0 Å². The van der Waals surface area contributed by atoms with Gasteiger partial charge in [0.1, 0.15) is 6.04 Å². The van der Waals surface area contributed by atoms with Crippen molar-refractivity contribution in [3.8, 4) is 0 Å². The zero-order chi connectivity index (χ0) is 14.7. The third-order valence-electron chi connectivity index (χ3n) is 3.71. The Morgan fingerprint density at radius 1 is 1.45 bits per heavy atom. The Kier molecular flexibility index (Phi) is 4.70. The first-order chi connectivity index (χ1) is 9.51. The highest BCUT2D eigenvalue weighted by atomic mass is 32.1. The van der Waals surface area contributed by atoms with Crippen LogP contribution < -0.4 is 0 Å². The van der Waals surface area contributed by atoms with Crippen molar-refractivity contribution in [2.24, 2.45) is 5.92 Å². The number of aliphatic carboxylic acids is 1. The van der Waals surface area contributed by atoms with Crippen LogP contribution in [0.2, 0.25) is 0 Å². The van der Waals surface area contributed by atoms with Crippen LogP contribution >= 0.6 is 12.6 Å². The third-order valence-corrected chi connectivity index (χ3v) is 4.22. The van der Waals surface area contributed by atoms with Crippen LogP contribution in [0.4, 0.5) is 0 Å². The molecule has 1 amide bonds. The van der Waals surface area contributed by atoms with E-state index in [1.54, 1.807) is 0 Å². The molecular weight excluding hydrogens is 274 g/mol. The summed E-state index contributed by atoms with van der Waals surface area (Å²) in [5.41, 5.74) is 2.07. The number of aryl methyl sites for hydroxylation is 1. The maximum absolute atomic E-state index is 12.0. The SMILES string of the molecule is Cc1ccc(C[C@@H](C(=O)O)N2CC(CS)CC2=O)cc1. The molecule has 4 nitrogen and oxygen atoms in total. The van der Waals surface area contributed by atoms with Crippen molar-refractivity contribution in [1.82, 2.24) is 4.90 Å². The first-order valence-electron chi connectivity index (χ1n) is 6.70. The number of benzene rings is 1. The van der Waals surface area contributed by atoms with E-state index in [0.717, 1.165) is 11.1 Å². The number of hydrogen-bond donors (Lipinski definition) is 2. The maximum atomic E-state index is 12.0. The van der Waals surface area contributed by atoms with Gasteiger partial charge in [0.2, 0.25) is 5.91 Å². The van der Waals surface area contributed by atoms with E-state index in [1.165, 1.54) is 4.90 Å². The van der Waals surface area contributed by atoms with Gasteiger partial charge in [-0.1, -0.05) is 29.8 Å². The lowest BCUT2D eigenvalue weighted by Crippen LogP contribution is -2.43. The molecule has 1 fully saturated rings. The number of rotatable bonds is 5. The van der Waals surface area contributed by atoms with Gasteiger partial charge in [-0.3, -0.25) is 4.79 Å². The van der Waals surface area contributed by atoms with E-state index in [1.807, 2.05) is 31.2 Å². The average molecular weight is 293 g/mol. The van der Waals surface area contributed by atoms with E-state index in [2.05, 4.69) is 12.6 Å². The Morgan fingerprint density at radius 2 is 2.10 bits per heavy atom. The summed E-state index contributed by atoms with van der Waals surface area (Å²) in [5.74, 6) is -0.257. The maximum Gasteiger partial charge on any atom is 0.326 e. The van der Waals surface area contributed by atoms with Gasteiger partial charge in [0.05, 0.1) is 0 Å². The number of thiol groups is 1. The smallest absolute Gasteiger partial charge is 0.326 e. The molecule has 0 spiro atoms. The fraction of sp³-hybridized carbons (Fsp3) is 0.467. The highest BCUT2D eigenvalue weighted by Crippen LogP contribution is 2.23. The van der Waals surface area contributed by atoms with E-state index < -0.39 is 12.0 Å². The van der Waals surface area contributed by atoms with Gasteiger partial charge < -0.3 is 10.0 Å². The predicted octanol–water partition coefficient (Wildman–Crippen LogP) is 1.77. The van der Waals surface area contributed by atoms with Gasteiger partial charge in [-0.2, -0.15) is 12.6 Å². The van der Waals surface area contributed by atoms with Gasteiger partial charge in [-0.15, -0.1) is 0 Å². The van der Waals surface area contributed by atoms with Crippen molar-refractivity contribution in [2.75, 3.05) is 12.3 Å². The van der Waals surface area contributed by atoms with Gasteiger partial charge >= 0.3 is 5.97 Å². The second-order valence-electron chi connectivity index (χ2n) is 5.34. The van der Waals surface area contributed by atoms with Gasteiger partial charge in [0, 0.05) is 19.4 Å². The summed E-state index contributed by atoms with van der Waals surface area (Å²) in [6, 6.07) is 6.96. The Labute approximate surface area is 124 Å². The van der Waals surface area contributed by atoms with Crippen molar-refractivity contribution in [3.05, 3.63) is 35.4 Å². The molecule has 0 radical (unpaired) electrons. The molecule has 2 atom stereocenters. The summed E-state index contributed by atoms with van der Waals surface area (Å²) < 4.78 is 0. The first kappa shape index (κ1) is 14.9. The van der Waals surface area contributed by atoms with Gasteiger partial charge in [-0.25, -0.2) is 4.79 Å². The average Bonchev–Trinajstić information content (AvgIpc) is 2.79. The predicted molar refractivity (Wildman–Crippen MR) is 80.0 cm³/mol. The van der Waals surface area contributed by atoms with Crippen LogP contribution in [0.25, 0.3) is 0 Å². The minimum atomic E-state index is -0.946. The summed E-state index contributed by atoms with van der Waals surface area (Å²) in [7, 11) is 0. The minimum Gasteiger partial charge on any atom is -0.480 e. The normalized spacial score (nSPS) is 20.2. The van der Waals surface area contributed by atoms with E-state index >= 15 is 0 Å². The molecule has 0 aromatic heterocycles. The summed E-state index contributed by atoms with van der Waals surface area (Å²) >= 11 is 4.20. The number of hydrogen-bond acceptors (Lipinski definition) is 3. The van der Waals surface area contributed by atoms with Crippen LogP contribution in [0.1, 0.15) is 17.5 Å². The van der Waals surface area contributed by atoms with Crippen LogP contribution in [-0.2, 0) is 16.0 Å². The van der Waals surface area contributed by atoms with E-state index in [0.29, 0.717) is 25.1 Å². The Bertz CT molecular complexity index is 500. The molecule has 1 aromatic carbocycles. The second-order valence-corrected chi connectivity index (χ2v) is 5.71. The number of carbonyl (C=O) groups excluding carboxylic acids is 1. The summed E-state index contributed by atoms with van der Waals surface area (Å²) in [6.07, 6.45) is 0.752. The molecule has 0 saturated carbocycles. The van der Waals surface area contributed by atoms with Gasteiger partial charge in [0.15, 0.2) is 0 Å². The quantitative estimate of drug-likeness (QED) is 0.814. The van der Waals surface area contributed by atoms with Crippen LogP contribution in [0, 0.1) is 12.8 Å². The molecule has 5 heteroatoms. The number of amides is 1. The fourth-order valence-corrected chi connectivity index (χ4v) is 2.75. The van der Waals surface area contributed by atoms with Crippen molar-refractivity contribution in [2.45, 2.75) is 25.8 Å². The molecule has 1 aliphatic heterocycles. The standard InChI is InChI=1S/C15H19NO3S/c1-10-2-4-11(5-3-10)6-13(15(18)19)16-8-12(9-20)7-14(16)17/h2-5,12-13,20H,6-9H2,1H3,(H,18,19)/t12?,13-/m0/s1. The third kappa shape index (κ3) is 3.33.